The summed E-state index contributed by atoms with van der Waals surface area (Å²) in [6, 6.07) is 12.0. The van der Waals surface area contributed by atoms with E-state index in [1.807, 2.05) is 13.0 Å². The van der Waals surface area contributed by atoms with Gasteiger partial charge in [0.25, 0.3) is 5.91 Å². The van der Waals surface area contributed by atoms with Gasteiger partial charge in [0.05, 0.1) is 19.3 Å². The molecule has 7 heteroatoms. The number of carbonyl (C=O) groups excluding carboxylic acids is 3. The molecule has 2 aromatic rings. The van der Waals surface area contributed by atoms with E-state index < -0.39 is 11.3 Å². The Morgan fingerprint density at radius 1 is 1.00 bits per heavy atom. The summed E-state index contributed by atoms with van der Waals surface area (Å²) >= 11 is 0. The second-order valence-electron chi connectivity index (χ2n) is 7.72. The van der Waals surface area contributed by atoms with Gasteiger partial charge in [-0.15, -0.1) is 0 Å². The summed E-state index contributed by atoms with van der Waals surface area (Å²) in [6.45, 7) is 7.12. The second kappa shape index (κ2) is 9.23. The summed E-state index contributed by atoms with van der Waals surface area (Å²) in [7, 11) is 1.52. The zero-order valence-electron chi connectivity index (χ0n) is 17.4. The first-order valence-electron chi connectivity index (χ1n) is 9.24. The molecule has 0 unspecified atom stereocenters. The van der Waals surface area contributed by atoms with Crippen LogP contribution < -0.4 is 20.7 Å². The van der Waals surface area contributed by atoms with Crippen LogP contribution >= 0.6 is 0 Å². The number of benzene rings is 2. The van der Waals surface area contributed by atoms with Crippen molar-refractivity contribution in [3.63, 3.8) is 0 Å². The first-order valence-corrected chi connectivity index (χ1v) is 9.24. The number of amides is 3. The third-order valence-corrected chi connectivity index (χ3v) is 4.10. The SMILES string of the molecule is COc1ccc(C)cc1NC(=O)CNC(=O)c1cccc(NC(=O)C(C)(C)C)c1. The van der Waals surface area contributed by atoms with Crippen LogP contribution in [0.25, 0.3) is 0 Å². The Labute approximate surface area is 170 Å². The van der Waals surface area contributed by atoms with Crippen LogP contribution in [0.4, 0.5) is 11.4 Å². The largest absolute Gasteiger partial charge is 0.495 e. The van der Waals surface area contributed by atoms with E-state index >= 15 is 0 Å². The molecule has 0 heterocycles. The average Bonchev–Trinajstić information content (AvgIpc) is 2.65. The van der Waals surface area contributed by atoms with Gasteiger partial charge in [-0.25, -0.2) is 0 Å². The molecule has 0 aliphatic carbocycles. The molecule has 3 amide bonds. The maximum Gasteiger partial charge on any atom is 0.251 e. The summed E-state index contributed by atoms with van der Waals surface area (Å²) in [5.74, 6) is -0.401. The minimum absolute atomic E-state index is 0.151. The number of hydrogen-bond acceptors (Lipinski definition) is 4. The lowest BCUT2D eigenvalue weighted by Crippen LogP contribution is -2.33. The highest BCUT2D eigenvalue weighted by molar-refractivity contribution is 6.01. The lowest BCUT2D eigenvalue weighted by molar-refractivity contribution is -0.123. The Bertz CT molecular complexity index is 917. The summed E-state index contributed by atoms with van der Waals surface area (Å²) in [5, 5.41) is 8.09. The molecule has 0 aromatic heterocycles. The van der Waals surface area contributed by atoms with Crippen molar-refractivity contribution in [2.45, 2.75) is 27.7 Å². The molecule has 2 rings (SSSR count). The van der Waals surface area contributed by atoms with Crippen molar-refractivity contribution in [2.24, 2.45) is 5.41 Å². The van der Waals surface area contributed by atoms with E-state index in [9.17, 15) is 14.4 Å². The molecular weight excluding hydrogens is 370 g/mol. The standard InChI is InChI=1S/C22H27N3O4/c1-14-9-10-18(29-5)17(11-14)25-19(26)13-23-20(27)15-7-6-8-16(12-15)24-21(28)22(2,3)4/h6-12H,13H2,1-5H3,(H,23,27)(H,24,28)(H,25,26). The Morgan fingerprint density at radius 3 is 2.38 bits per heavy atom. The molecular formula is C22H27N3O4. The Kier molecular flexibility index (Phi) is 6.98. The fraction of sp³-hybridized carbons (Fsp3) is 0.318. The minimum Gasteiger partial charge on any atom is -0.495 e. The van der Waals surface area contributed by atoms with E-state index in [1.54, 1.807) is 57.2 Å². The molecule has 154 valence electrons. The summed E-state index contributed by atoms with van der Waals surface area (Å²) < 4.78 is 5.23. The van der Waals surface area contributed by atoms with Crippen molar-refractivity contribution in [3.8, 4) is 5.75 Å². The molecule has 0 aliphatic heterocycles. The fourth-order valence-electron chi connectivity index (χ4n) is 2.43. The monoisotopic (exact) mass is 397 g/mol. The van der Waals surface area contributed by atoms with E-state index in [-0.39, 0.29) is 18.4 Å². The highest BCUT2D eigenvalue weighted by atomic mass is 16.5. The number of carbonyl (C=O) groups is 3. The van der Waals surface area contributed by atoms with Gasteiger partial charge in [-0.3, -0.25) is 14.4 Å². The third kappa shape index (κ3) is 6.34. The van der Waals surface area contributed by atoms with Crippen LogP contribution in [-0.4, -0.2) is 31.4 Å². The lowest BCUT2D eigenvalue weighted by Gasteiger charge is -2.18. The van der Waals surface area contributed by atoms with Gasteiger partial charge in [0.15, 0.2) is 0 Å². The van der Waals surface area contributed by atoms with Crippen molar-refractivity contribution < 1.29 is 19.1 Å². The minimum atomic E-state index is -0.548. The van der Waals surface area contributed by atoms with Gasteiger partial charge in [-0.1, -0.05) is 32.9 Å². The summed E-state index contributed by atoms with van der Waals surface area (Å²) in [6.07, 6.45) is 0. The molecule has 0 saturated heterocycles. The summed E-state index contributed by atoms with van der Waals surface area (Å²) in [5.41, 5.74) is 1.83. The predicted octanol–water partition coefficient (Wildman–Crippen LogP) is 3.36. The van der Waals surface area contributed by atoms with Crippen LogP contribution in [0, 0.1) is 12.3 Å². The van der Waals surface area contributed by atoms with Gasteiger partial charge >= 0.3 is 0 Å². The Balaban J connectivity index is 1.97. The van der Waals surface area contributed by atoms with E-state index in [0.29, 0.717) is 22.7 Å². The maximum atomic E-state index is 12.4. The molecule has 0 radical (unpaired) electrons. The first kappa shape index (κ1) is 21.9. The lowest BCUT2D eigenvalue weighted by atomic mass is 9.95. The maximum absolute atomic E-state index is 12.4. The van der Waals surface area contributed by atoms with Crippen molar-refractivity contribution in [3.05, 3.63) is 53.6 Å². The number of anilines is 2. The van der Waals surface area contributed by atoms with Crippen LogP contribution in [-0.2, 0) is 9.59 Å². The van der Waals surface area contributed by atoms with Crippen molar-refractivity contribution in [1.29, 1.82) is 0 Å². The molecule has 0 spiro atoms. The van der Waals surface area contributed by atoms with Gasteiger partial charge in [0.2, 0.25) is 11.8 Å². The molecule has 7 nitrogen and oxygen atoms in total. The van der Waals surface area contributed by atoms with Crippen LogP contribution in [0.2, 0.25) is 0 Å². The number of aryl methyl sites for hydroxylation is 1. The van der Waals surface area contributed by atoms with Gasteiger partial charge in [-0.05, 0) is 42.8 Å². The first-order chi connectivity index (χ1) is 13.6. The molecule has 0 aliphatic rings. The third-order valence-electron chi connectivity index (χ3n) is 4.10. The van der Waals surface area contributed by atoms with Crippen LogP contribution in [0.5, 0.6) is 5.75 Å². The van der Waals surface area contributed by atoms with E-state index in [4.69, 9.17) is 4.74 Å². The van der Waals surface area contributed by atoms with Crippen LogP contribution in [0.3, 0.4) is 0 Å². The van der Waals surface area contributed by atoms with E-state index in [2.05, 4.69) is 16.0 Å². The van der Waals surface area contributed by atoms with Crippen molar-refractivity contribution in [1.82, 2.24) is 5.32 Å². The zero-order valence-corrected chi connectivity index (χ0v) is 17.4. The quantitative estimate of drug-likeness (QED) is 0.696. The zero-order chi connectivity index (χ0) is 21.6. The normalized spacial score (nSPS) is 10.8. The Hall–Kier alpha value is -3.35. The topological polar surface area (TPSA) is 96.5 Å². The molecule has 0 fully saturated rings. The number of ether oxygens (including phenoxy) is 1. The second-order valence-corrected chi connectivity index (χ2v) is 7.72. The number of nitrogens with one attached hydrogen (secondary N) is 3. The van der Waals surface area contributed by atoms with E-state index in [1.165, 1.54) is 7.11 Å². The van der Waals surface area contributed by atoms with Gasteiger partial charge < -0.3 is 20.7 Å². The number of methoxy groups -OCH3 is 1. The highest BCUT2D eigenvalue weighted by Crippen LogP contribution is 2.25. The molecule has 0 saturated carbocycles. The molecule has 0 atom stereocenters. The average molecular weight is 397 g/mol. The molecule has 0 bridgehead atoms. The molecule has 29 heavy (non-hydrogen) atoms. The van der Waals surface area contributed by atoms with Crippen LogP contribution in [0.15, 0.2) is 42.5 Å². The van der Waals surface area contributed by atoms with Gasteiger partial charge in [-0.2, -0.15) is 0 Å². The van der Waals surface area contributed by atoms with Crippen LogP contribution in [0.1, 0.15) is 36.7 Å². The van der Waals surface area contributed by atoms with Gasteiger partial charge in [0.1, 0.15) is 5.75 Å². The van der Waals surface area contributed by atoms with Gasteiger partial charge in [0, 0.05) is 16.7 Å². The number of hydrogen-bond donors (Lipinski definition) is 3. The number of rotatable bonds is 6. The predicted molar refractivity (Wildman–Crippen MR) is 113 cm³/mol. The van der Waals surface area contributed by atoms with E-state index in [0.717, 1.165) is 5.56 Å². The molecule has 3 N–H and O–H groups in total. The van der Waals surface area contributed by atoms with Crippen molar-refractivity contribution in [2.75, 3.05) is 24.3 Å². The molecule has 2 aromatic carbocycles. The summed E-state index contributed by atoms with van der Waals surface area (Å²) in [4.78, 5) is 36.7. The van der Waals surface area contributed by atoms with Crippen molar-refractivity contribution >= 4 is 29.1 Å². The smallest absolute Gasteiger partial charge is 0.251 e. The fourth-order valence-corrected chi connectivity index (χ4v) is 2.43. The highest BCUT2D eigenvalue weighted by Gasteiger charge is 2.21. The Morgan fingerprint density at radius 2 is 1.72 bits per heavy atom.